The Hall–Kier alpha value is -3.21. The van der Waals surface area contributed by atoms with Crippen LogP contribution in [0.2, 0.25) is 0 Å². The molecule has 0 aliphatic carbocycles. The first-order valence-electron chi connectivity index (χ1n) is 8.15. The maximum Gasteiger partial charge on any atom is 0.258 e. The molecule has 0 radical (unpaired) electrons. The van der Waals surface area contributed by atoms with Gasteiger partial charge in [0, 0.05) is 13.6 Å². The van der Waals surface area contributed by atoms with Crippen LogP contribution in [-0.2, 0) is 6.54 Å². The van der Waals surface area contributed by atoms with E-state index in [2.05, 4.69) is 5.32 Å². The number of nitrogens with zero attached hydrogens (tertiary/aromatic N) is 1. The Morgan fingerprint density at radius 3 is 2.38 bits per heavy atom. The van der Waals surface area contributed by atoms with Crippen molar-refractivity contribution in [1.29, 1.82) is 0 Å². The molecule has 0 aliphatic heterocycles. The van der Waals surface area contributed by atoms with Gasteiger partial charge in [-0.1, -0.05) is 48.5 Å². The summed E-state index contributed by atoms with van der Waals surface area (Å²) < 4.78 is 27.2. The fraction of sp³-hybridized carbons (Fsp3) is 0.0952. The first-order valence-corrected chi connectivity index (χ1v) is 8.15. The number of benzene rings is 3. The first kappa shape index (κ1) is 17.6. The molecule has 3 rings (SSSR count). The summed E-state index contributed by atoms with van der Waals surface area (Å²) >= 11 is 0. The van der Waals surface area contributed by atoms with E-state index in [-0.39, 0.29) is 5.56 Å². The van der Waals surface area contributed by atoms with Crippen LogP contribution in [0.4, 0.5) is 20.2 Å². The van der Waals surface area contributed by atoms with Crippen molar-refractivity contribution in [2.45, 2.75) is 6.54 Å². The molecule has 132 valence electrons. The van der Waals surface area contributed by atoms with Crippen molar-refractivity contribution in [3.63, 3.8) is 0 Å². The largest absolute Gasteiger partial charge is 0.369 e. The van der Waals surface area contributed by atoms with Gasteiger partial charge in [0.15, 0.2) is 11.6 Å². The van der Waals surface area contributed by atoms with Crippen LogP contribution < -0.4 is 10.2 Å². The van der Waals surface area contributed by atoms with Crippen molar-refractivity contribution >= 4 is 17.3 Å². The summed E-state index contributed by atoms with van der Waals surface area (Å²) in [4.78, 5) is 14.4. The third-order valence-corrected chi connectivity index (χ3v) is 4.02. The highest BCUT2D eigenvalue weighted by molar-refractivity contribution is 6.06. The Balaban J connectivity index is 1.83. The average molecular weight is 352 g/mol. The van der Waals surface area contributed by atoms with Gasteiger partial charge in [-0.05, 0) is 29.8 Å². The summed E-state index contributed by atoms with van der Waals surface area (Å²) in [5, 5.41) is 2.67. The van der Waals surface area contributed by atoms with Crippen LogP contribution in [0.25, 0.3) is 0 Å². The van der Waals surface area contributed by atoms with Crippen molar-refractivity contribution in [3.8, 4) is 0 Å². The molecule has 0 bridgehead atoms. The highest BCUT2D eigenvalue weighted by Crippen LogP contribution is 2.27. The topological polar surface area (TPSA) is 32.3 Å². The van der Waals surface area contributed by atoms with E-state index in [4.69, 9.17) is 0 Å². The molecule has 0 unspecified atom stereocenters. The smallest absolute Gasteiger partial charge is 0.258 e. The minimum absolute atomic E-state index is 0.328. The molecule has 0 saturated carbocycles. The fourth-order valence-electron chi connectivity index (χ4n) is 2.72. The van der Waals surface area contributed by atoms with Crippen molar-refractivity contribution in [2.75, 3.05) is 17.3 Å². The second-order valence-electron chi connectivity index (χ2n) is 5.91. The molecule has 0 fully saturated rings. The Kier molecular flexibility index (Phi) is 5.27. The standard InChI is InChI=1S/C21H18F2N2O/c1-25(14-15-8-3-2-4-9-15)19-13-6-5-12-18(19)24-21(26)16-10-7-11-17(22)20(16)23/h2-13H,14H2,1H3,(H,24,26). The van der Waals surface area contributed by atoms with Crippen LogP contribution in [-0.4, -0.2) is 13.0 Å². The zero-order valence-electron chi connectivity index (χ0n) is 14.2. The van der Waals surface area contributed by atoms with E-state index in [9.17, 15) is 13.6 Å². The predicted octanol–water partition coefficient (Wildman–Crippen LogP) is 4.85. The quantitative estimate of drug-likeness (QED) is 0.712. The summed E-state index contributed by atoms with van der Waals surface area (Å²) in [6.45, 7) is 0.641. The number of nitrogens with one attached hydrogen (secondary N) is 1. The van der Waals surface area contributed by atoms with E-state index in [0.29, 0.717) is 12.2 Å². The number of carbonyl (C=O) groups is 1. The van der Waals surface area contributed by atoms with Crippen LogP contribution in [0.15, 0.2) is 72.8 Å². The molecule has 1 N–H and O–H groups in total. The van der Waals surface area contributed by atoms with E-state index >= 15 is 0 Å². The number of para-hydroxylation sites is 2. The summed E-state index contributed by atoms with van der Waals surface area (Å²) in [5.74, 6) is -2.89. The van der Waals surface area contributed by atoms with Crippen LogP contribution in [0.5, 0.6) is 0 Å². The van der Waals surface area contributed by atoms with Crippen LogP contribution in [0.1, 0.15) is 15.9 Å². The summed E-state index contributed by atoms with van der Waals surface area (Å²) in [7, 11) is 1.90. The van der Waals surface area contributed by atoms with Gasteiger partial charge in [0.2, 0.25) is 0 Å². The fourth-order valence-corrected chi connectivity index (χ4v) is 2.72. The molecule has 0 heterocycles. The van der Waals surface area contributed by atoms with Gasteiger partial charge < -0.3 is 10.2 Å². The lowest BCUT2D eigenvalue weighted by Crippen LogP contribution is -2.20. The normalized spacial score (nSPS) is 10.4. The summed E-state index contributed by atoms with van der Waals surface area (Å²) in [5.41, 5.74) is 2.10. The van der Waals surface area contributed by atoms with Gasteiger partial charge in [0.1, 0.15) is 0 Å². The molecule has 0 atom stereocenters. The van der Waals surface area contributed by atoms with Gasteiger partial charge in [-0.25, -0.2) is 8.78 Å². The molecule has 0 aliphatic rings. The van der Waals surface area contributed by atoms with E-state index in [1.54, 1.807) is 12.1 Å². The molecule has 0 aromatic heterocycles. The molecule has 3 aromatic carbocycles. The Labute approximate surface area is 150 Å². The summed E-state index contributed by atoms with van der Waals surface area (Å²) in [6.07, 6.45) is 0. The van der Waals surface area contributed by atoms with E-state index in [1.165, 1.54) is 12.1 Å². The number of rotatable bonds is 5. The third kappa shape index (κ3) is 3.88. The molecule has 26 heavy (non-hydrogen) atoms. The van der Waals surface area contributed by atoms with Crippen molar-refractivity contribution < 1.29 is 13.6 Å². The highest BCUT2D eigenvalue weighted by atomic mass is 19.2. The molecule has 1 amide bonds. The molecule has 0 spiro atoms. The molecule has 0 saturated heterocycles. The van der Waals surface area contributed by atoms with Gasteiger partial charge in [0.05, 0.1) is 16.9 Å². The lowest BCUT2D eigenvalue weighted by atomic mass is 10.1. The zero-order valence-corrected chi connectivity index (χ0v) is 14.2. The zero-order chi connectivity index (χ0) is 18.5. The highest BCUT2D eigenvalue weighted by Gasteiger charge is 2.17. The minimum atomic E-state index is -1.15. The second-order valence-corrected chi connectivity index (χ2v) is 5.91. The second kappa shape index (κ2) is 7.78. The van der Waals surface area contributed by atoms with E-state index < -0.39 is 17.5 Å². The van der Waals surface area contributed by atoms with E-state index in [1.807, 2.05) is 54.4 Å². The number of hydrogen-bond acceptors (Lipinski definition) is 2. The molecule has 3 nitrogen and oxygen atoms in total. The number of amides is 1. The number of anilines is 2. The van der Waals surface area contributed by atoms with Gasteiger partial charge in [0.25, 0.3) is 5.91 Å². The minimum Gasteiger partial charge on any atom is -0.369 e. The van der Waals surface area contributed by atoms with Crippen molar-refractivity contribution in [1.82, 2.24) is 0 Å². The molecular formula is C21H18F2N2O. The Bertz CT molecular complexity index is 913. The first-order chi connectivity index (χ1) is 12.6. The molecule has 3 aromatic rings. The lowest BCUT2D eigenvalue weighted by Gasteiger charge is -2.23. The number of hydrogen-bond donors (Lipinski definition) is 1. The van der Waals surface area contributed by atoms with Gasteiger partial charge >= 0.3 is 0 Å². The predicted molar refractivity (Wildman–Crippen MR) is 99.3 cm³/mol. The van der Waals surface area contributed by atoms with Crippen LogP contribution >= 0.6 is 0 Å². The number of halogens is 2. The monoisotopic (exact) mass is 352 g/mol. The summed E-state index contributed by atoms with van der Waals surface area (Å²) in [6, 6.07) is 20.7. The third-order valence-electron chi connectivity index (χ3n) is 4.02. The van der Waals surface area contributed by atoms with Gasteiger partial charge in [-0.3, -0.25) is 4.79 Å². The lowest BCUT2D eigenvalue weighted by molar-refractivity contribution is 0.102. The average Bonchev–Trinajstić information content (AvgIpc) is 2.65. The van der Waals surface area contributed by atoms with Crippen molar-refractivity contribution in [2.24, 2.45) is 0 Å². The maximum atomic E-state index is 13.9. The van der Waals surface area contributed by atoms with Gasteiger partial charge in [-0.15, -0.1) is 0 Å². The van der Waals surface area contributed by atoms with Crippen LogP contribution in [0.3, 0.4) is 0 Å². The Morgan fingerprint density at radius 2 is 1.62 bits per heavy atom. The SMILES string of the molecule is CN(Cc1ccccc1)c1ccccc1NC(=O)c1cccc(F)c1F. The van der Waals surface area contributed by atoms with Gasteiger partial charge in [-0.2, -0.15) is 0 Å². The molecule has 5 heteroatoms. The van der Waals surface area contributed by atoms with Crippen molar-refractivity contribution in [3.05, 3.63) is 95.6 Å². The Morgan fingerprint density at radius 1 is 0.923 bits per heavy atom. The maximum absolute atomic E-state index is 13.9. The molecular weight excluding hydrogens is 334 g/mol. The number of carbonyl (C=O) groups excluding carboxylic acids is 1. The van der Waals surface area contributed by atoms with E-state index in [0.717, 1.165) is 17.3 Å². The van der Waals surface area contributed by atoms with Crippen LogP contribution in [0, 0.1) is 11.6 Å².